The van der Waals surface area contributed by atoms with Crippen molar-refractivity contribution in [3.8, 4) is 0 Å². The minimum Gasteiger partial charge on any atom is -0.313 e. The predicted octanol–water partition coefficient (Wildman–Crippen LogP) is 2.68. The summed E-state index contributed by atoms with van der Waals surface area (Å²) in [5.74, 6) is 1.19. The highest BCUT2D eigenvalue weighted by Gasteiger charge is 2.06. The zero-order valence-corrected chi connectivity index (χ0v) is 9.34. The Hall–Kier alpha value is 0.0500. The molecule has 1 nitrogen and oxygen atoms in total. The van der Waals surface area contributed by atoms with E-state index in [9.17, 15) is 0 Å². The van der Waals surface area contributed by atoms with Gasteiger partial charge >= 0.3 is 0 Å². The lowest BCUT2D eigenvalue weighted by Gasteiger charge is -2.17. The number of hydrogen-bond acceptors (Lipinski definition) is 2. The number of rotatable bonds is 7. The van der Waals surface area contributed by atoms with E-state index in [0.717, 1.165) is 19.4 Å². The molecule has 0 fully saturated rings. The van der Waals surface area contributed by atoms with Crippen molar-refractivity contribution in [2.75, 3.05) is 18.6 Å². The van der Waals surface area contributed by atoms with Gasteiger partial charge in [0.15, 0.2) is 0 Å². The van der Waals surface area contributed by atoms with E-state index in [1.54, 1.807) is 0 Å². The van der Waals surface area contributed by atoms with Crippen LogP contribution in [-0.4, -0.2) is 24.6 Å². The maximum atomic E-state index is 4.03. The van der Waals surface area contributed by atoms with Gasteiger partial charge in [-0.1, -0.05) is 26.0 Å². The second-order valence-corrected chi connectivity index (χ2v) is 3.93. The number of hydrogen-bond donors (Lipinski definition) is 1. The highest BCUT2D eigenvalue weighted by molar-refractivity contribution is 7.98. The molecule has 0 bridgehead atoms. The van der Waals surface area contributed by atoms with Crippen molar-refractivity contribution < 1.29 is 0 Å². The molecule has 1 atom stereocenters. The van der Waals surface area contributed by atoms with Gasteiger partial charge in [-0.15, -0.1) is 0 Å². The molecule has 0 aromatic rings. The molecule has 0 rings (SSSR count). The fourth-order valence-corrected chi connectivity index (χ4v) is 1.81. The topological polar surface area (TPSA) is 12.0 Å². The molecule has 0 radical (unpaired) electrons. The number of thioether (sulfide) groups is 1. The molecule has 0 spiro atoms. The Balaban J connectivity index is 3.68. The van der Waals surface area contributed by atoms with Gasteiger partial charge in [-0.3, -0.25) is 0 Å². The van der Waals surface area contributed by atoms with Gasteiger partial charge in [0.2, 0.25) is 0 Å². The first-order valence-electron chi connectivity index (χ1n) is 4.63. The van der Waals surface area contributed by atoms with Gasteiger partial charge in [-0.05, 0) is 25.6 Å². The molecular weight excluding hydrogens is 166 g/mol. The van der Waals surface area contributed by atoms with Crippen molar-refractivity contribution in [2.24, 2.45) is 0 Å². The smallest absolute Gasteiger partial charge is 0.0195 e. The summed E-state index contributed by atoms with van der Waals surface area (Å²) in [6, 6.07) is 0.623. The molecule has 12 heavy (non-hydrogen) atoms. The van der Waals surface area contributed by atoms with Crippen LogP contribution in [0.25, 0.3) is 0 Å². The van der Waals surface area contributed by atoms with Crippen LogP contribution in [0.5, 0.6) is 0 Å². The Labute approximate surface area is 81.0 Å². The van der Waals surface area contributed by atoms with Gasteiger partial charge in [0.05, 0.1) is 0 Å². The molecule has 0 aromatic carbocycles. The van der Waals surface area contributed by atoms with Gasteiger partial charge in [0, 0.05) is 11.8 Å². The molecule has 0 saturated heterocycles. The molecule has 0 aliphatic rings. The molecule has 1 N–H and O–H groups in total. The Morgan fingerprint density at radius 1 is 1.50 bits per heavy atom. The summed E-state index contributed by atoms with van der Waals surface area (Å²) >= 11 is 1.90. The Morgan fingerprint density at radius 3 is 2.58 bits per heavy atom. The summed E-state index contributed by atoms with van der Waals surface area (Å²) in [6.45, 7) is 9.41. The van der Waals surface area contributed by atoms with E-state index in [1.807, 2.05) is 11.8 Å². The average Bonchev–Trinajstić information content (AvgIpc) is 2.05. The molecule has 0 heterocycles. The molecule has 0 aliphatic carbocycles. The lowest BCUT2D eigenvalue weighted by molar-refractivity contribution is 0.566. The molecule has 0 aromatic heterocycles. The largest absolute Gasteiger partial charge is 0.313 e. The molecular formula is C10H21NS. The van der Waals surface area contributed by atoms with Gasteiger partial charge in [-0.2, -0.15) is 11.8 Å². The lowest BCUT2D eigenvalue weighted by atomic mass is 10.1. The molecule has 72 valence electrons. The summed E-state index contributed by atoms with van der Waals surface area (Å²) in [7, 11) is 0. The highest BCUT2D eigenvalue weighted by Crippen LogP contribution is 2.10. The van der Waals surface area contributed by atoms with Crippen LogP contribution in [0.3, 0.4) is 0 Å². The van der Waals surface area contributed by atoms with Crippen LogP contribution in [0.2, 0.25) is 0 Å². The average molecular weight is 187 g/mol. The first-order chi connectivity index (χ1) is 5.74. The summed E-state index contributed by atoms with van der Waals surface area (Å²) in [5, 5.41) is 3.47. The fraction of sp³-hybridized carbons (Fsp3) is 0.800. The second kappa shape index (κ2) is 7.69. The highest BCUT2D eigenvalue weighted by atomic mass is 32.2. The standard InChI is InChI=1S/C10H21NS/c1-5-9(3)7-10(8-12-4)11-6-2/h10-11H,3,5-8H2,1-2,4H3. The number of nitrogens with one attached hydrogen (secondary N) is 1. The zero-order valence-electron chi connectivity index (χ0n) is 8.52. The first-order valence-corrected chi connectivity index (χ1v) is 6.02. The van der Waals surface area contributed by atoms with E-state index < -0.39 is 0 Å². The molecule has 0 amide bonds. The van der Waals surface area contributed by atoms with Crippen molar-refractivity contribution in [3.63, 3.8) is 0 Å². The minimum absolute atomic E-state index is 0.623. The third kappa shape index (κ3) is 5.67. The van der Waals surface area contributed by atoms with E-state index in [4.69, 9.17) is 0 Å². The summed E-state index contributed by atoms with van der Waals surface area (Å²) in [4.78, 5) is 0. The lowest BCUT2D eigenvalue weighted by Crippen LogP contribution is -2.31. The van der Waals surface area contributed by atoms with Crippen LogP contribution in [0, 0.1) is 0 Å². The SMILES string of the molecule is C=C(CC)CC(CSC)NCC. The zero-order chi connectivity index (χ0) is 9.40. The van der Waals surface area contributed by atoms with Crippen LogP contribution in [0.15, 0.2) is 12.2 Å². The van der Waals surface area contributed by atoms with Gasteiger partial charge < -0.3 is 5.32 Å². The van der Waals surface area contributed by atoms with Crippen molar-refractivity contribution in [3.05, 3.63) is 12.2 Å². The predicted molar refractivity (Wildman–Crippen MR) is 59.9 cm³/mol. The Bertz CT molecular complexity index is 117. The summed E-state index contributed by atoms with van der Waals surface area (Å²) in [6.07, 6.45) is 4.39. The summed E-state index contributed by atoms with van der Waals surface area (Å²) in [5.41, 5.74) is 1.36. The van der Waals surface area contributed by atoms with E-state index >= 15 is 0 Å². The maximum absolute atomic E-state index is 4.03. The van der Waals surface area contributed by atoms with Gasteiger partial charge in [0.25, 0.3) is 0 Å². The Morgan fingerprint density at radius 2 is 2.17 bits per heavy atom. The quantitative estimate of drug-likeness (QED) is 0.615. The van der Waals surface area contributed by atoms with Crippen LogP contribution in [-0.2, 0) is 0 Å². The van der Waals surface area contributed by atoms with Gasteiger partial charge in [0.1, 0.15) is 0 Å². The molecule has 2 heteroatoms. The van der Waals surface area contributed by atoms with Crippen LogP contribution in [0.1, 0.15) is 26.7 Å². The van der Waals surface area contributed by atoms with E-state index in [-0.39, 0.29) is 0 Å². The van der Waals surface area contributed by atoms with Crippen LogP contribution >= 0.6 is 11.8 Å². The van der Waals surface area contributed by atoms with Crippen molar-refractivity contribution in [1.82, 2.24) is 5.32 Å². The molecule has 1 unspecified atom stereocenters. The first kappa shape index (κ1) is 12.0. The normalized spacial score (nSPS) is 12.9. The van der Waals surface area contributed by atoms with Crippen molar-refractivity contribution >= 4 is 11.8 Å². The van der Waals surface area contributed by atoms with Crippen LogP contribution in [0.4, 0.5) is 0 Å². The Kier molecular flexibility index (Phi) is 7.72. The monoisotopic (exact) mass is 187 g/mol. The van der Waals surface area contributed by atoms with E-state index in [0.29, 0.717) is 6.04 Å². The van der Waals surface area contributed by atoms with E-state index in [2.05, 4.69) is 32.0 Å². The summed E-state index contributed by atoms with van der Waals surface area (Å²) < 4.78 is 0. The third-order valence-corrected chi connectivity index (χ3v) is 2.63. The van der Waals surface area contributed by atoms with E-state index in [1.165, 1.54) is 11.3 Å². The van der Waals surface area contributed by atoms with Crippen molar-refractivity contribution in [2.45, 2.75) is 32.7 Å². The fourth-order valence-electron chi connectivity index (χ4n) is 1.17. The molecule has 0 aliphatic heterocycles. The maximum Gasteiger partial charge on any atom is 0.0195 e. The minimum atomic E-state index is 0.623. The van der Waals surface area contributed by atoms with Gasteiger partial charge in [-0.25, -0.2) is 0 Å². The second-order valence-electron chi connectivity index (χ2n) is 3.02. The third-order valence-electron chi connectivity index (χ3n) is 1.90. The van der Waals surface area contributed by atoms with Crippen LogP contribution < -0.4 is 5.32 Å². The van der Waals surface area contributed by atoms with Crippen molar-refractivity contribution in [1.29, 1.82) is 0 Å². The molecule has 0 saturated carbocycles.